The molecule has 0 saturated heterocycles. The van der Waals surface area contributed by atoms with E-state index in [4.69, 9.17) is 5.73 Å². The lowest BCUT2D eigenvalue weighted by Crippen LogP contribution is -2.38. The molecule has 1 saturated carbocycles. The molecule has 3 unspecified atom stereocenters. The molecule has 2 rings (SSSR count). The summed E-state index contributed by atoms with van der Waals surface area (Å²) in [5.41, 5.74) is 6.25. The lowest BCUT2D eigenvalue weighted by Gasteiger charge is -2.18. The van der Waals surface area contributed by atoms with E-state index in [-0.39, 0.29) is 18.0 Å². The van der Waals surface area contributed by atoms with Crippen LogP contribution in [0.5, 0.6) is 0 Å². The van der Waals surface area contributed by atoms with Crippen LogP contribution < -0.4 is 11.1 Å². The number of carbonyl (C=O) groups is 1. The third kappa shape index (κ3) is 3.05. The van der Waals surface area contributed by atoms with E-state index in [0.29, 0.717) is 10.9 Å². The summed E-state index contributed by atoms with van der Waals surface area (Å²) in [6.07, 6.45) is 5.56. The molecule has 1 aromatic heterocycles. The van der Waals surface area contributed by atoms with Gasteiger partial charge in [0.05, 0.1) is 6.04 Å². The van der Waals surface area contributed by atoms with Gasteiger partial charge in [0.2, 0.25) is 0 Å². The van der Waals surface area contributed by atoms with Gasteiger partial charge in [-0.3, -0.25) is 4.79 Å². The molecule has 1 aliphatic rings. The molecule has 0 spiro atoms. The van der Waals surface area contributed by atoms with Gasteiger partial charge in [-0.25, -0.2) is 4.98 Å². The van der Waals surface area contributed by atoms with Crippen LogP contribution >= 0.6 is 23.1 Å². The van der Waals surface area contributed by atoms with E-state index in [0.717, 1.165) is 11.4 Å². The van der Waals surface area contributed by atoms with Crippen LogP contribution in [0.4, 0.5) is 0 Å². The molecule has 0 aliphatic heterocycles. The quantitative estimate of drug-likeness (QED) is 0.889. The highest BCUT2D eigenvalue weighted by Crippen LogP contribution is 2.28. The lowest BCUT2D eigenvalue weighted by atomic mass is 10.2. The van der Waals surface area contributed by atoms with Gasteiger partial charge in [-0.2, -0.15) is 11.8 Å². The Morgan fingerprint density at radius 3 is 3.06 bits per heavy atom. The Morgan fingerprint density at radius 1 is 1.67 bits per heavy atom. The molecule has 3 atom stereocenters. The number of rotatable bonds is 4. The third-order valence-corrected chi connectivity index (χ3v) is 5.43. The van der Waals surface area contributed by atoms with Crippen LogP contribution in [0.25, 0.3) is 0 Å². The summed E-state index contributed by atoms with van der Waals surface area (Å²) in [4.78, 5) is 16.4. The monoisotopic (exact) mass is 285 g/mol. The van der Waals surface area contributed by atoms with Crippen molar-refractivity contribution in [3.8, 4) is 0 Å². The molecule has 6 heteroatoms. The van der Waals surface area contributed by atoms with Gasteiger partial charge in [0, 0.05) is 16.7 Å². The first-order valence-electron chi connectivity index (χ1n) is 6.16. The van der Waals surface area contributed by atoms with Crippen molar-refractivity contribution in [2.24, 2.45) is 5.73 Å². The fraction of sp³-hybridized carbons (Fsp3) is 0.667. The summed E-state index contributed by atoms with van der Waals surface area (Å²) in [5, 5.41) is 6.24. The molecule has 0 bridgehead atoms. The lowest BCUT2D eigenvalue weighted by molar-refractivity contribution is 0.0934. The van der Waals surface area contributed by atoms with Crippen molar-refractivity contribution in [2.75, 3.05) is 6.26 Å². The molecule has 3 N–H and O–H groups in total. The van der Waals surface area contributed by atoms with Crippen molar-refractivity contribution in [2.45, 2.75) is 43.5 Å². The molecular formula is C12H19N3OS2. The molecule has 1 heterocycles. The summed E-state index contributed by atoms with van der Waals surface area (Å²) in [7, 11) is 0. The van der Waals surface area contributed by atoms with E-state index in [9.17, 15) is 4.79 Å². The summed E-state index contributed by atoms with van der Waals surface area (Å²) in [6.45, 7) is 1.88. The number of nitrogens with one attached hydrogen (secondary N) is 1. The zero-order valence-corrected chi connectivity index (χ0v) is 12.3. The van der Waals surface area contributed by atoms with Crippen molar-refractivity contribution in [1.29, 1.82) is 0 Å². The van der Waals surface area contributed by atoms with Crippen molar-refractivity contribution >= 4 is 29.0 Å². The number of thiazole rings is 1. The van der Waals surface area contributed by atoms with Crippen LogP contribution in [-0.4, -0.2) is 28.4 Å². The zero-order chi connectivity index (χ0) is 13.1. The van der Waals surface area contributed by atoms with Crippen LogP contribution in [0.2, 0.25) is 0 Å². The Morgan fingerprint density at radius 2 is 2.44 bits per heavy atom. The van der Waals surface area contributed by atoms with Crippen molar-refractivity contribution < 1.29 is 4.79 Å². The number of hydrogen-bond donors (Lipinski definition) is 2. The highest BCUT2D eigenvalue weighted by molar-refractivity contribution is 7.99. The normalized spacial score (nSPS) is 25.1. The minimum Gasteiger partial charge on any atom is -0.347 e. The average Bonchev–Trinajstić information content (AvgIpc) is 2.96. The average molecular weight is 285 g/mol. The van der Waals surface area contributed by atoms with Gasteiger partial charge in [0.1, 0.15) is 10.7 Å². The second-order valence-corrected chi connectivity index (χ2v) is 6.61. The SMILES string of the molecule is CSC1CCCC1NC(=O)c1csc(C(C)N)n1. The number of nitrogens with two attached hydrogens (primary N) is 1. The van der Waals surface area contributed by atoms with Gasteiger partial charge < -0.3 is 11.1 Å². The third-order valence-electron chi connectivity index (χ3n) is 3.22. The maximum atomic E-state index is 12.1. The molecule has 4 nitrogen and oxygen atoms in total. The van der Waals surface area contributed by atoms with Crippen LogP contribution in [0.15, 0.2) is 5.38 Å². The first-order valence-corrected chi connectivity index (χ1v) is 8.33. The minimum absolute atomic E-state index is 0.0656. The number of hydrogen-bond acceptors (Lipinski definition) is 5. The summed E-state index contributed by atoms with van der Waals surface area (Å²) >= 11 is 3.28. The Kier molecular flexibility index (Phi) is 4.64. The fourth-order valence-corrected chi connectivity index (χ4v) is 3.91. The predicted octanol–water partition coefficient (Wildman–Crippen LogP) is 2.18. The number of thioether (sulfide) groups is 1. The van der Waals surface area contributed by atoms with E-state index in [1.165, 1.54) is 24.2 Å². The second kappa shape index (κ2) is 6.04. The first kappa shape index (κ1) is 13.8. The fourth-order valence-electron chi connectivity index (χ4n) is 2.22. The summed E-state index contributed by atoms with van der Waals surface area (Å²) in [5.74, 6) is -0.0656. The van der Waals surface area contributed by atoms with E-state index >= 15 is 0 Å². The van der Waals surface area contributed by atoms with Gasteiger partial charge >= 0.3 is 0 Å². The predicted molar refractivity (Wildman–Crippen MR) is 77.1 cm³/mol. The minimum atomic E-state index is -0.109. The second-order valence-electron chi connectivity index (χ2n) is 4.64. The molecule has 1 amide bonds. The molecule has 0 aromatic carbocycles. The van der Waals surface area contributed by atoms with Gasteiger partial charge in [-0.05, 0) is 26.0 Å². The first-order chi connectivity index (χ1) is 8.61. The Hall–Kier alpha value is -0.590. The number of nitrogens with zero attached hydrogens (tertiary/aromatic N) is 1. The van der Waals surface area contributed by atoms with Gasteiger partial charge in [0.15, 0.2) is 0 Å². The van der Waals surface area contributed by atoms with Gasteiger partial charge in [0.25, 0.3) is 5.91 Å². The van der Waals surface area contributed by atoms with E-state index in [1.807, 2.05) is 18.7 Å². The maximum Gasteiger partial charge on any atom is 0.271 e. The Balaban J connectivity index is 1.98. The molecule has 1 aromatic rings. The summed E-state index contributed by atoms with van der Waals surface area (Å²) in [6, 6.07) is 0.176. The van der Waals surface area contributed by atoms with Crippen LogP contribution in [0, 0.1) is 0 Å². The standard InChI is InChI=1S/C12H19N3OS2/c1-7(13)12-15-9(6-18-12)11(16)14-8-4-3-5-10(8)17-2/h6-8,10H,3-5,13H2,1-2H3,(H,14,16). The maximum absolute atomic E-state index is 12.1. The zero-order valence-electron chi connectivity index (χ0n) is 10.7. The Bertz CT molecular complexity index is 419. The van der Waals surface area contributed by atoms with E-state index in [2.05, 4.69) is 16.6 Å². The van der Waals surface area contributed by atoms with Crippen LogP contribution in [0.1, 0.15) is 47.7 Å². The molecule has 18 heavy (non-hydrogen) atoms. The topological polar surface area (TPSA) is 68.0 Å². The molecule has 1 aliphatic carbocycles. The molecule has 1 fully saturated rings. The molecular weight excluding hydrogens is 266 g/mol. The molecule has 0 radical (unpaired) electrons. The number of amides is 1. The summed E-state index contributed by atoms with van der Waals surface area (Å²) < 4.78 is 0. The van der Waals surface area contributed by atoms with Crippen molar-refractivity contribution in [1.82, 2.24) is 10.3 Å². The van der Waals surface area contributed by atoms with E-state index in [1.54, 1.807) is 5.38 Å². The smallest absolute Gasteiger partial charge is 0.271 e. The van der Waals surface area contributed by atoms with Crippen LogP contribution in [0.3, 0.4) is 0 Å². The highest BCUT2D eigenvalue weighted by Gasteiger charge is 2.28. The Labute approximate surface area is 116 Å². The van der Waals surface area contributed by atoms with Crippen molar-refractivity contribution in [3.05, 3.63) is 16.1 Å². The van der Waals surface area contributed by atoms with Crippen molar-refractivity contribution in [3.63, 3.8) is 0 Å². The van der Waals surface area contributed by atoms with Gasteiger partial charge in [-0.1, -0.05) is 6.42 Å². The molecule has 100 valence electrons. The number of carbonyl (C=O) groups excluding carboxylic acids is 1. The largest absolute Gasteiger partial charge is 0.347 e. The van der Waals surface area contributed by atoms with Crippen LogP contribution in [-0.2, 0) is 0 Å². The number of aromatic nitrogens is 1. The highest BCUT2D eigenvalue weighted by atomic mass is 32.2. The van der Waals surface area contributed by atoms with E-state index < -0.39 is 0 Å². The van der Waals surface area contributed by atoms with Gasteiger partial charge in [-0.15, -0.1) is 11.3 Å².